The standard InChI is InChI=1S/C16H26N2/c1-5-18(6-2)15-9-7-14(8-10-15)17-13(3)16(4)11-12-16/h7-10,13,17H,5-6,11-12H2,1-4H3. The van der Waals surface area contributed by atoms with Crippen molar-refractivity contribution in [2.45, 2.75) is 46.6 Å². The molecule has 100 valence electrons. The summed E-state index contributed by atoms with van der Waals surface area (Å²) in [7, 11) is 0. The van der Waals surface area contributed by atoms with Crippen LogP contribution in [0.4, 0.5) is 11.4 Å². The van der Waals surface area contributed by atoms with Gasteiger partial charge in [0, 0.05) is 30.5 Å². The Balaban J connectivity index is 1.99. The van der Waals surface area contributed by atoms with Crippen LogP contribution in [0.2, 0.25) is 0 Å². The molecule has 0 aliphatic heterocycles. The van der Waals surface area contributed by atoms with Crippen molar-refractivity contribution in [2.75, 3.05) is 23.3 Å². The molecular weight excluding hydrogens is 220 g/mol. The molecule has 0 spiro atoms. The number of hydrogen-bond donors (Lipinski definition) is 1. The Morgan fingerprint density at radius 1 is 1.17 bits per heavy atom. The van der Waals surface area contributed by atoms with Crippen LogP contribution >= 0.6 is 0 Å². The Labute approximate surface area is 111 Å². The van der Waals surface area contributed by atoms with Crippen molar-refractivity contribution in [1.29, 1.82) is 0 Å². The average molecular weight is 246 g/mol. The topological polar surface area (TPSA) is 15.3 Å². The second kappa shape index (κ2) is 5.21. The predicted octanol–water partition coefficient (Wildman–Crippen LogP) is 4.13. The molecule has 1 aromatic carbocycles. The van der Waals surface area contributed by atoms with Gasteiger partial charge in [-0.25, -0.2) is 0 Å². The molecule has 1 unspecified atom stereocenters. The molecule has 0 saturated heterocycles. The zero-order valence-corrected chi connectivity index (χ0v) is 12.2. The molecule has 1 aliphatic carbocycles. The van der Waals surface area contributed by atoms with E-state index in [1.807, 2.05) is 0 Å². The van der Waals surface area contributed by atoms with Crippen molar-refractivity contribution in [3.8, 4) is 0 Å². The Hall–Kier alpha value is -1.18. The first-order chi connectivity index (χ1) is 8.59. The van der Waals surface area contributed by atoms with Gasteiger partial charge in [0.1, 0.15) is 0 Å². The van der Waals surface area contributed by atoms with Crippen LogP contribution < -0.4 is 10.2 Å². The summed E-state index contributed by atoms with van der Waals surface area (Å²) >= 11 is 0. The third kappa shape index (κ3) is 2.80. The van der Waals surface area contributed by atoms with E-state index in [0.717, 1.165) is 13.1 Å². The van der Waals surface area contributed by atoms with Crippen molar-refractivity contribution >= 4 is 11.4 Å². The van der Waals surface area contributed by atoms with E-state index in [1.165, 1.54) is 24.2 Å². The Bertz CT molecular complexity index is 375. The minimum Gasteiger partial charge on any atom is -0.382 e. The number of rotatable bonds is 6. The maximum Gasteiger partial charge on any atom is 0.0367 e. The van der Waals surface area contributed by atoms with E-state index in [0.29, 0.717) is 11.5 Å². The van der Waals surface area contributed by atoms with E-state index >= 15 is 0 Å². The van der Waals surface area contributed by atoms with Crippen LogP contribution in [0, 0.1) is 5.41 Å². The van der Waals surface area contributed by atoms with E-state index in [4.69, 9.17) is 0 Å². The lowest BCUT2D eigenvalue weighted by molar-refractivity contribution is 0.493. The van der Waals surface area contributed by atoms with Crippen LogP contribution in [-0.4, -0.2) is 19.1 Å². The van der Waals surface area contributed by atoms with Crippen LogP contribution in [0.15, 0.2) is 24.3 Å². The highest BCUT2D eigenvalue weighted by Crippen LogP contribution is 2.48. The van der Waals surface area contributed by atoms with Crippen molar-refractivity contribution in [3.05, 3.63) is 24.3 Å². The molecule has 0 radical (unpaired) electrons. The summed E-state index contributed by atoms with van der Waals surface area (Å²) in [4.78, 5) is 2.37. The zero-order valence-electron chi connectivity index (χ0n) is 12.2. The fraction of sp³-hybridized carbons (Fsp3) is 0.625. The Kier molecular flexibility index (Phi) is 3.84. The lowest BCUT2D eigenvalue weighted by Crippen LogP contribution is -2.25. The number of benzene rings is 1. The molecule has 0 heterocycles. The van der Waals surface area contributed by atoms with Crippen molar-refractivity contribution in [3.63, 3.8) is 0 Å². The first kappa shape index (κ1) is 13.3. The van der Waals surface area contributed by atoms with Gasteiger partial charge in [-0.3, -0.25) is 0 Å². The monoisotopic (exact) mass is 246 g/mol. The maximum atomic E-state index is 3.63. The minimum atomic E-state index is 0.525. The fourth-order valence-electron chi connectivity index (χ4n) is 2.41. The van der Waals surface area contributed by atoms with Gasteiger partial charge in [-0.1, -0.05) is 6.92 Å². The lowest BCUT2D eigenvalue weighted by Gasteiger charge is -2.24. The fourth-order valence-corrected chi connectivity index (χ4v) is 2.41. The molecule has 1 atom stereocenters. The first-order valence-electron chi connectivity index (χ1n) is 7.20. The van der Waals surface area contributed by atoms with Crippen LogP contribution in [0.5, 0.6) is 0 Å². The summed E-state index contributed by atoms with van der Waals surface area (Å²) in [5, 5.41) is 3.63. The molecule has 0 aromatic heterocycles. The van der Waals surface area contributed by atoms with Gasteiger partial charge in [0.2, 0.25) is 0 Å². The van der Waals surface area contributed by atoms with E-state index < -0.39 is 0 Å². The van der Waals surface area contributed by atoms with Crippen LogP contribution in [0.25, 0.3) is 0 Å². The minimum absolute atomic E-state index is 0.525. The number of hydrogen-bond acceptors (Lipinski definition) is 2. The van der Waals surface area contributed by atoms with Gasteiger partial charge in [-0.15, -0.1) is 0 Å². The normalized spacial score (nSPS) is 18.2. The molecule has 1 aromatic rings. The van der Waals surface area contributed by atoms with Crippen molar-refractivity contribution in [2.24, 2.45) is 5.41 Å². The summed E-state index contributed by atoms with van der Waals surface area (Å²) in [6.45, 7) is 11.2. The second-order valence-electron chi connectivity index (χ2n) is 5.74. The van der Waals surface area contributed by atoms with Gasteiger partial charge in [0.25, 0.3) is 0 Å². The average Bonchev–Trinajstić information content (AvgIpc) is 3.12. The van der Waals surface area contributed by atoms with Gasteiger partial charge >= 0.3 is 0 Å². The number of nitrogens with one attached hydrogen (secondary N) is 1. The van der Waals surface area contributed by atoms with Crippen LogP contribution in [0.3, 0.4) is 0 Å². The van der Waals surface area contributed by atoms with Gasteiger partial charge < -0.3 is 10.2 Å². The van der Waals surface area contributed by atoms with E-state index in [9.17, 15) is 0 Å². The Morgan fingerprint density at radius 3 is 2.17 bits per heavy atom. The molecule has 2 rings (SSSR count). The van der Waals surface area contributed by atoms with Gasteiger partial charge in [-0.2, -0.15) is 0 Å². The molecule has 2 nitrogen and oxygen atoms in total. The molecule has 2 heteroatoms. The van der Waals surface area contributed by atoms with Gasteiger partial charge in [0.05, 0.1) is 0 Å². The molecule has 0 bridgehead atoms. The molecule has 1 saturated carbocycles. The van der Waals surface area contributed by atoms with Gasteiger partial charge in [-0.05, 0) is 63.3 Å². The summed E-state index contributed by atoms with van der Waals surface area (Å²) in [6, 6.07) is 9.41. The summed E-state index contributed by atoms with van der Waals surface area (Å²) in [5.74, 6) is 0. The molecule has 18 heavy (non-hydrogen) atoms. The highest BCUT2D eigenvalue weighted by molar-refractivity contribution is 5.55. The summed E-state index contributed by atoms with van der Waals surface area (Å²) in [5.41, 5.74) is 3.08. The summed E-state index contributed by atoms with van der Waals surface area (Å²) < 4.78 is 0. The van der Waals surface area contributed by atoms with E-state index in [1.54, 1.807) is 0 Å². The third-order valence-corrected chi connectivity index (χ3v) is 4.46. The van der Waals surface area contributed by atoms with Crippen LogP contribution in [0.1, 0.15) is 40.5 Å². The smallest absolute Gasteiger partial charge is 0.0367 e. The molecular formula is C16H26N2. The lowest BCUT2D eigenvalue weighted by atomic mass is 10.0. The van der Waals surface area contributed by atoms with Gasteiger partial charge in [0.15, 0.2) is 0 Å². The van der Waals surface area contributed by atoms with Crippen molar-refractivity contribution < 1.29 is 0 Å². The third-order valence-electron chi connectivity index (χ3n) is 4.46. The predicted molar refractivity (Wildman–Crippen MR) is 80.4 cm³/mol. The first-order valence-corrected chi connectivity index (χ1v) is 7.20. The SMILES string of the molecule is CCN(CC)c1ccc(NC(C)C2(C)CC2)cc1. The van der Waals surface area contributed by atoms with E-state index in [-0.39, 0.29) is 0 Å². The zero-order chi connectivity index (χ0) is 13.2. The molecule has 1 N–H and O–H groups in total. The largest absolute Gasteiger partial charge is 0.382 e. The summed E-state index contributed by atoms with van der Waals surface area (Å²) in [6.07, 6.45) is 2.72. The van der Waals surface area contributed by atoms with Crippen molar-refractivity contribution in [1.82, 2.24) is 0 Å². The van der Waals surface area contributed by atoms with E-state index in [2.05, 4.69) is 62.2 Å². The molecule has 0 amide bonds. The second-order valence-corrected chi connectivity index (χ2v) is 5.74. The quantitative estimate of drug-likeness (QED) is 0.811. The van der Waals surface area contributed by atoms with Crippen LogP contribution in [-0.2, 0) is 0 Å². The molecule has 1 aliphatic rings. The molecule has 1 fully saturated rings. The number of anilines is 2. The number of nitrogens with zero attached hydrogens (tertiary/aromatic N) is 1. The maximum absolute atomic E-state index is 3.63. The highest BCUT2D eigenvalue weighted by atomic mass is 15.1. The Morgan fingerprint density at radius 2 is 1.72 bits per heavy atom. The highest BCUT2D eigenvalue weighted by Gasteiger charge is 2.42.